The summed E-state index contributed by atoms with van der Waals surface area (Å²) in [5, 5.41) is 5.63. The van der Waals surface area contributed by atoms with Gasteiger partial charge < -0.3 is 5.32 Å². The molecule has 1 fully saturated rings. The first-order valence-electron chi connectivity index (χ1n) is 6.35. The number of piperazine rings is 1. The Bertz CT molecular complexity index is 354. The molecule has 2 heterocycles. The Morgan fingerprint density at radius 2 is 1.95 bits per heavy atom. The van der Waals surface area contributed by atoms with Crippen LogP contribution in [0.3, 0.4) is 0 Å². The van der Waals surface area contributed by atoms with Gasteiger partial charge in [0.2, 0.25) is 0 Å². The Morgan fingerprint density at radius 1 is 1.32 bits per heavy atom. The monoisotopic (exact) mass is 388 g/mol. The van der Waals surface area contributed by atoms with Crippen molar-refractivity contribution in [1.29, 1.82) is 0 Å². The molecule has 0 radical (unpaired) electrons. The number of nitrogens with zero attached hydrogens (tertiary/aromatic N) is 1. The molecule has 0 aromatic carbocycles. The summed E-state index contributed by atoms with van der Waals surface area (Å²) < 4.78 is 1.22. The zero-order valence-electron chi connectivity index (χ0n) is 11.4. The van der Waals surface area contributed by atoms with Gasteiger partial charge in [0.1, 0.15) is 0 Å². The fourth-order valence-corrected chi connectivity index (χ4v) is 3.98. The van der Waals surface area contributed by atoms with Crippen LogP contribution in [0.15, 0.2) is 15.9 Å². The molecule has 0 saturated carbocycles. The van der Waals surface area contributed by atoms with Gasteiger partial charge in [-0.1, -0.05) is 13.8 Å². The molecule has 2 rings (SSSR count). The van der Waals surface area contributed by atoms with Crippen molar-refractivity contribution in [2.75, 3.05) is 26.2 Å². The second-order valence-electron chi connectivity index (χ2n) is 5.10. The van der Waals surface area contributed by atoms with Gasteiger partial charge in [-0.25, -0.2) is 0 Å². The molecule has 1 atom stereocenters. The minimum atomic E-state index is 0. The molecule has 1 saturated heterocycles. The van der Waals surface area contributed by atoms with E-state index in [9.17, 15) is 0 Å². The Balaban J connectivity index is 0.00000162. The molecule has 1 aliphatic rings. The van der Waals surface area contributed by atoms with Gasteiger partial charge in [0.25, 0.3) is 0 Å². The van der Waals surface area contributed by atoms with Gasteiger partial charge in [0, 0.05) is 47.0 Å². The lowest BCUT2D eigenvalue weighted by molar-refractivity contribution is 0.156. The molecule has 1 aliphatic heterocycles. The summed E-state index contributed by atoms with van der Waals surface area (Å²) in [6.45, 7) is 9.23. The van der Waals surface area contributed by atoms with E-state index in [2.05, 4.69) is 51.4 Å². The molecule has 6 heteroatoms. The Morgan fingerprint density at radius 3 is 2.42 bits per heavy atom. The average Bonchev–Trinajstić information content (AvgIpc) is 2.73. The van der Waals surface area contributed by atoms with Crippen molar-refractivity contribution >= 4 is 52.1 Å². The molecule has 0 bridgehead atoms. The Hall–Kier alpha value is 0.680. The van der Waals surface area contributed by atoms with Gasteiger partial charge in [-0.15, -0.1) is 36.2 Å². The first-order valence-corrected chi connectivity index (χ1v) is 8.03. The summed E-state index contributed by atoms with van der Waals surface area (Å²) in [5.41, 5.74) is 0. The van der Waals surface area contributed by atoms with Gasteiger partial charge in [-0.2, -0.15) is 0 Å². The van der Waals surface area contributed by atoms with Crippen LogP contribution in [0.25, 0.3) is 0 Å². The van der Waals surface area contributed by atoms with E-state index in [0.29, 0.717) is 6.04 Å². The minimum Gasteiger partial charge on any atom is -0.314 e. The standard InChI is InChI=1S/C13H21BrN2S.2ClH/c1-10(2)7-12(13-8-11(14)9-17-13)16-5-3-15-4-6-16;;/h8-10,12,15H,3-7H2,1-2H3;2*1H/t12-;;/m1../s1. The highest BCUT2D eigenvalue weighted by atomic mass is 79.9. The van der Waals surface area contributed by atoms with Crippen molar-refractivity contribution < 1.29 is 0 Å². The van der Waals surface area contributed by atoms with Crippen LogP contribution in [0.2, 0.25) is 0 Å². The maximum atomic E-state index is 3.57. The fraction of sp³-hybridized carbons (Fsp3) is 0.692. The molecule has 1 aromatic heterocycles. The Kier molecular flexibility index (Phi) is 9.93. The third-order valence-corrected chi connectivity index (χ3v) is 5.00. The lowest BCUT2D eigenvalue weighted by Crippen LogP contribution is -2.45. The molecule has 0 unspecified atom stereocenters. The second kappa shape index (κ2) is 9.59. The van der Waals surface area contributed by atoms with Crippen LogP contribution < -0.4 is 5.32 Å². The lowest BCUT2D eigenvalue weighted by Gasteiger charge is -2.35. The molecule has 1 N–H and O–H groups in total. The highest BCUT2D eigenvalue weighted by molar-refractivity contribution is 9.10. The minimum absolute atomic E-state index is 0. The number of thiophene rings is 1. The van der Waals surface area contributed by atoms with Crippen molar-refractivity contribution in [3.05, 3.63) is 20.8 Å². The highest BCUT2D eigenvalue weighted by Gasteiger charge is 2.24. The molecular weight excluding hydrogens is 367 g/mol. The van der Waals surface area contributed by atoms with Gasteiger partial charge >= 0.3 is 0 Å². The van der Waals surface area contributed by atoms with Crippen molar-refractivity contribution in [3.63, 3.8) is 0 Å². The van der Waals surface area contributed by atoms with E-state index in [1.165, 1.54) is 28.9 Å². The molecule has 0 amide bonds. The van der Waals surface area contributed by atoms with E-state index in [0.717, 1.165) is 19.0 Å². The summed E-state index contributed by atoms with van der Waals surface area (Å²) in [6.07, 6.45) is 1.26. The second-order valence-corrected chi connectivity index (χ2v) is 6.96. The number of halogens is 3. The molecule has 112 valence electrons. The summed E-state index contributed by atoms with van der Waals surface area (Å²) in [5.74, 6) is 0.746. The van der Waals surface area contributed by atoms with E-state index < -0.39 is 0 Å². The molecule has 0 aliphatic carbocycles. The smallest absolute Gasteiger partial charge is 0.0445 e. The molecule has 0 spiro atoms. The maximum Gasteiger partial charge on any atom is 0.0445 e. The summed E-state index contributed by atoms with van der Waals surface area (Å²) in [7, 11) is 0. The molecule has 2 nitrogen and oxygen atoms in total. The third-order valence-electron chi connectivity index (χ3n) is 3.20. The maximum absolute atomic E-state index is 3.57. The average molecular weight is 390 g/mol. The third kappa shape index (κ3) is 5.90. The topological polar surface area (TPSA) is 15.3 Å². The lowest BCUT2D eigenvalue weighted by atomic mass is 10.0. The fourth-order valence-electron chi connectivity index (χ4n) is 2.39. The summed E-state index contributed by atoms with van der Waals surface area (Å²) in [4.78, 5) is 4.14. The van der Waals surface area contributed by atoms with Crippen molar-refractivity contribution in [1.82, 2.24) is 10.2 Å². The zero-order valence-corrected chi connectivity index (χ0v) is 15.4. The van der Waals surface area contributed by atoms with Gasteiger partial charge in [0.15, 0.2) is 0 Å². The van der Waals surface area contributed by atoms with Crippen LogP contribution in [0.5, 0.6) is 0 Å². The first-order chi connectivity index (χ1) is 8.16. The van der Waals surface area contributed by atoms with Gasteiger partial charge in [0.05, 0.1) is 0 Å². The van der Waals surface area contributed by atoms with E-state index in [4.69, 9.17) is 0 Å². The van der Waals surface area contributed by atoms with Gasteiger partial charge in [-0.3, -0.25) is 4.90 Å². The van der Waals surface area contributed by atoms with Crippen LogP contribution in [0.1, 0.15) is 31.2 Å². The zero-order chi connectivity index (χ0) is 12.3. The van der Waals surface area contributed by atoms with E-state index in [1.807, 2.05) is 11.3 Å². The van der Waals surface area contributed by atoms with Crippen LogP contribution >= 0.6 is 52.1 Å². The molecule has 19 heavy (non-hydrogen) atoms. The highest BCUT2D eigenvalue weighted by Crippen LogP contribution is 2.33. The number of rotatable bonds is 4. The van der Waals surface area contributed by atoms with Crippen molar-refractivity contribution in [2.24, 2.45) is 5.92 Å². The first kappa shape index (κ1) is 19.7. The van der Waals surface area contributed by atoms with E-state index in [-0.39, 0.29) is 24.8 Å². The van der Waals surface area contributed by atoms with E-state index >= 15 is 0 Å². The number of hydrogen-bond donors (Lipinski definition) is 1. The van der Waals surface area contributed by atoms with Gasteiger partial charge in [-0.05, 0) is 34.3 Å². The molecule has 1 aromatic rings. The van der Waals surface area contributed by atoms with Crippen molar-refractivity contribution in [2.45, 2.75) is 26.3 Å². The van der Waals surface area contributed by atoms with Crippen molar-refractivity contribution in [3.8, 4) is 0 Å². The molecular formula is C13H23BrCl2N2S. The normalized spacial score (nSPS) is 17.7. The summed E-state index contributed by atoms with van der Waals surface area (Å²) >= 11 is 5.45. The summed E-state index contributed by atoms with van der Waals surface area (Å²) in [6, 6.07) is 2.90. The van der Waals surface area contributed by atoms with Crippen LogP contribution in [-0.4, -0.2) is 31.1 Å². The SMILES string of the molecule is CC(C)C[C@H](c1cc(Br)cs1)N1CCNCC1.Cl.Cl. The number of nitrogens with one attached hydrogen (secondary N) is 1. The largest absolute Gasteiger partial charge is 0.314 e. The predicted octanol–water partition coefficient (Wildman–Crippen LogP) is 4.35. The predicted molar refractivity (Wildman–Crippen MR) is 93.2 cm³/mol. The van der Waals surface area contributed by atoms with E-state index in [1.54, 1.807) is 0 Å². The van der Waals surface area contributed by atoms with Crippen LogP contribution in [0, 0.1) is 5.92 Å². The quantitative estimate of drug-likeness (QED) is 0.823. The number of hydrogen-bond acceptors (Lipinski definition) is 3. The van der Waals surface area contributed by atoms with Crippen LogP contribution in [0.4, 0.5) is 0 Å². The van der Waals surface area contributed by atoms with Crippen LogP contribution in [-0.2, 0) is 0 Å². The Labute approximate surface area is 141 Å².